The van der Waals surface area contributed by atoms with Crippen LogP contribution in [0.25, 0.3) is 0 Å². The summed E-state index contributed by atoms with van der Waals surface area (Å²) in [5.41, 5.74) is 1.43. The molecule has 150 valence electrons. The highest BCUT2D eigenvalue weighted by molar-refractivity contribution is 7.92. The Labute approximate surface area is 169 Å². The van der Waals surface area contributed by atoms with Crippen LogP contribution >= 0.6 is 11.6 Å². The molecule has 9 heteroatoms. The van der Waals surface area contributed by atoms with Gasteiger partial charge in [-0.2, -0.15) is 0 Å². The highest BCUT2D eigenvalue weighted by atomic mass is 35.5. The Balaban J connectivity index is 2.46. The fraction of sp³-hybridized carbons (Fsp3) is 0.263. The van der Waals surface area contributed by atoms with Gasteiger partial charge in [0.15, 0.2) is 0 Å². The molecule has 0 saturated heterocycles. The number of aryl methyl sites for hydroxylation is 1. The van der Waals surface area contributed by atoms with Crippen LogP contribution in [0.4, 0.5) is 11.4 Å². The molecule has 0 atom stereocenters. The molecule has 2 aromatic carbocycles. The number of esters is 1. The minimum atomic E-state index is -4.07. The zero-order valence-electron chi connectivity index (χ0n) is 15.7. The smallest absolute Gasteiger partial charge is 0.326 e. The van der Waals surface area contributed by atoms with Crippen LogP contribution < -0.4 is 9.62 Å². The molecule has 0 aromatic heterocycles. The van der Waals surface area contributed by atoms with E-state index in [0.717, 1.165) is 4.31 Å². The second-order valence-corrected chi connectivity index (χ2v) is 8.23. The van der Waals surface area contributed by atoms with E-state index < -0.39 is 22.5 Å². The van der Waals surface area contributed by atoms with Gasteiger partial charge in [0.25, 0.3) is 10.0 Å². The number of carbonyl (C=O) groups is 2. The number of carbonyl (C=O) groups excluding carboxylic acids is 2. The van der Waals surface area contributed by atoms with E-state index in [2.05, 4.69) is 5.32 Å². The average molecular weight is 425 g/mol. The van der Waals surface area contributed by atoms with Gasteiger partial charge in [0.1, 0.15) is 6.54 Å². The first-order chi connectivity index (χ1) is 13.1. The van der Waals surface area contributed by atoms with Gasteiger partial charge in [-0.25, -0.2) is 8.42 Å². The molecule has 2 aromatic rings. The van der Waals surface area contributed by atoms with Crippen molar-refractivity contribution in [2.45, 2.75) is 25.7 Å². The molecule has 0 aliphatic carbocycles. The SMILES string of the molecule is CCOC(=O)CN(c1ccc(Cl)c(C)c1)S(=O)(=O)c1ccc(NC(C)=O)cc1. The van der Waals surface area contributed by atoms with E-state index in [1.165, 1.54) is 37.3 Å². The molecule has 0 spiro atoms. The summed E-state index contributed by atoms with van der Waals surface area (Å²) in [6.07, 6.45) is 0. The van der Waals surface area contributed by atoms with Gasteiger partial charge in [-0.15, -0.1) is 0 Å². The van der Waals surface area contributed by atoms with Gasteiger partial charge < -0.3 is 10.1 Å². The van der Waals surface area contributed by atoms with Gasteiger partial charge in [-0.3, -0.25) is 13.9 Å². The van der Waals surface area contributed by atoms with Crippen LogP contribution in [0.15, 0.2) is 47.4 Å². The first-order valence-corrected chi connectivity index (χ1v) is 10.3. The van der Waals surface area contributed by atoms with Gasteiger partial charge >= 0.3 is 5.97 Å². The molecule has 1 amide bonds. The number of benzene rings is 2. The van der Waals surface area contributed by atoms with Gasteiger partial charge in [-0.05, 0) is 61.9 Å². The summed E-state index contributed by atoms with van der Waals surface area (Å²) in [4.78, 5) is 23.1. The van der Waals surface area contributed by atoms with Gasteiger partial charge in [0.2, 0.25) is 5.91 Å². The second-order valence-electron chi connectivity index (χ2n) is 5.96. The van der Waals surface area contributed by atoms with Crippen LogP contribution in [0.3, 0.4) is 0 Å². The normalized spacial score (nSPS) is 11.0. The molecule has 0 aliphatic rings. The Kier molecular flexibility index (Phi) is 7.04. The van der Waals surface area contributed by atoms with Crippen LogP contribution in [0.5, 0.6) is 0 Å². The first kappa shape index (κ1) is 21.7. The fourth-order valence-corrected chi connectivity index (χ4v) is 3.98. The van der Waals surface area contributed by atoms with Crippen molar-refractivity contribution in [3.8, 4) is 0 Å². The maximum atomic E-state index is 13.2. The number of rotatable bonds is 7. The predicted octanol–water partition coefficient (Wildman–Crippen LogP) is 3.37. The average Bonchev–Trinajstić information content (AvgIpc) is 2.62. The quantitative estimate of drug-likeness (QED) is 0.688. The number of hydrogen-bond donors (Lipinski definition) is 1. The van der Waals surface area contributed by atoms with Crippen molar-refractivity contribution in [2.75, 3.05) is 22.8 Å². The second kappa shape index (κ2) is 9.07. The third kappa shape index (κ3) is 5.24. The van der Waals surface area contributed by atoms with Crippen molar-refractivity contribution in [1.29, 1.82) is 0 Å². The number of nitrogens with one attached hydrogen (secondary N) is 1. The zero-order chi connectivity index (χ0) is 20.9. The number of sulfonamides is 1. The number of ether oxygens (including phenoxy) is 1. The van der Waals surface area contributed by atoms with Gasteiger partial charge in [-0.1, -0.05) is 11.6 Å². The summed E-state index contributed by atoms with van der Waals surface area (Å²) in [6, 6.07) is 10.4. The van der Waals surface area contributed by atoms with E-state index in [9.17, 15) is 18.0 Å². The molecular weight excluding hydrogens is 404 g/mol. The lowest BCUT2D eigenvalue weighted by Crippen LogP contribution is -2.36. The van der Waals surface area contributed by atoms with E-state index in [4.69, 9.17) is 16.3 Å². The Bertz CT molecular complexity index is 974. The highest BCUT2D eigenvalue weighted by Crippen LogP contribution is 2.28. The van der Waals surface area contributed by atoms with Gasteiger partial charge in [0.05, 0.1) is 17.2 Å². The summed E-state index contributed by atoms with van der Waals surface area (Å²) >= 11 is 6.04. The Morgan fingerprint density at radius 2 is 1.79 bits per heavy atom. The van der Waals surface area contributed by atoms with Crippen molar-refractivity contribution < 1.29 is 22.7 Å². The maximum absolute atomic E-state index is 13.2. The summed E-state index contributed by atoms with van der Waals surface area (Å²) in [5, 5.41) is 3.05. The van der Waals surface area contributed by atoms with E-state index in [1.807, 2.05) is 0 Å². The van der Waals surface area contributed by atoms with E-state index in [0.29, 0.717) is 22.0 Å². The maximum Gasteiger partial charge on any atom is 0.326 e. The standard InChI is InChI=1S/C19H21ClN2O5S/c1-4-27-19(24)12-22(16-7-10-18(20)13(2)11-16)28(25,26)17-8-5-15(6-9-17)21-14(3)23/h5-11H,4,12H2,1-3H3,(H,21,23). The lowest BCUT2D eigenvalue weighted by molar-refractivity contribution is -0.141. The Hall–Kier alpha value is -2.58. The number of anilines is 2. The third-order valence-corrected chi connectivity index (χ3v) is 5.98. The zero-order valence-corrected chi connectivity index (χ0v) is 17.3. The van der Waals surface area contributed by atoms with Crippen LogP contribution in [0, 0.1) is 6.92 Å². The Morgan fingerprint density at radius 3 is 2.32 bits per heavy atom. The molecular formula is C19H21ClN2O5S. The minimum absolute atomic E-state index is 0.0292. The minimum Gasteiger partial charge on any atom is -0.465 e. The van der Waals surface area contributed by atoms with Crippen LogP contribution in [0.2, 0.25) is 5.02 Å². The molecule has 0 saturated carbocycles. The van der Waals surface area contributed by atoms with E-state index in [-0.39, 0.29) is 17.4 Å². The first-order valence-electron chi connectivity index (χ1n) is 8.47. The number of halogens is 1. The molecule has 2 rings (SSSR count). The van der Waals surface area contributed by atoms with Crippen molar-refractivity contribution in [3.63, 3.8) is 0 Å². The van der Waals surface area contributed by atoms with Crippen LogP contribution in [-0.2, 0) is 24.3 Å². The lowest BCUT2D eigenvalue weighted by atomic mass is 10.2. The van der Waals surface area contributed by atoms with Crippen molar-refractivity contribution >= 4 is 44.9 Å². The third-order valence-electron chi connectivity index (χ3n) is 3.77. The molecule has 0 aliphatic heterocycles. The monoisotopic (exact) mass is 424 g/mol. The number of nitrogens with zero attached hydrogens (tertiary/aromatic N) is 1. The molecule has 7 nitrogen and oxygen atoms in total. The van der Waals surface area contributed by atoms with Crippen molar-refractivity contribution in [1.82, 2.24) is 0 Å². The van der Waals surface area contributed by atoms with Crippen molar-refractivity contribution in [3.05, 3.63) is 53.1 Å². The van der Waals surface area contributed by atoms with Crippen LogP contribution in [-0.4, -0.2) is 33.4 Å². The summed E-state index contributed by atoms with van der Waals surface area (Å²) in [7, 11) is -4.07. The molecule has 28 heavy (non-hydrogen) atoms. The fourth-order valence-electron chi connectivity index (χ4n) is 2.46. The molecule has 0 unspecified atom stereocenters. The van der Waals surface area contributed by atoms with Gasteiger partial charge in [0, 0.05) is 17.6 Å². The number of hydrogen-bond acceptors (Lipinski definition) is 5. The molecule has 0 bridgehead atoms. The lowest BCUT2D eigenvalue weighted by Gasteiger charge is -2.24. The van der Waals surface area contributed by atoms with Crippen molar-refractivity contribution in [2.24, 2.45) is 0 Å². The largest absolute Gasteiger partial charge is 0.465 e. The molecule has 0 heterocycles. The van der Waals surface area contributed by atoms with E-state index in [1.54, 1.807) is 26.0 Å². The highest BCUT2D eigenvalue weighted by Gasteiger charge is 2.28. The molecule has 0 fully saturated rings. The topological polar surface area (TPSA) is 92.8 Å². The predicted molar refractivity (Wildman–Crippen MR) is 108 cm³/mol. The Morgan fingerprint density at radius 1 is 1.14 bits per heavy atom. The van der Waals surface area contributed by atoms with E-state index >= 15 is 0 Å². The van der Waals surface area contributed by atoms with Crippen LogP contribution in [0.1, 0.15) is 19.4 Å². The number of amides is 1. The summed E-state index contributed by atoms with van der Waals surface area (Å²) in [5.74, 6) is -0.940. The molecule has 0 radical (unpaired) electrons. The summed E-state index contributed by atoms with van der Waals surface area (Å²) < 4.78 is 32.3. The summed E-state index contributed by atoms with van der Waals surface area (Å²) in [6.45, 7) is 4.39. The molecule has 1 N–H and O–H groups in total.